The molecule has 1 aromatic heterocycles. The second-order valence-electron chi connectivity index (χ2n) is 6.24. The van der Waals surface area contributed by atoms with Crippen LogP contribution in [0, 0.1) is 5.92 Å². The van der Waals surface area contributed by atoms with Crippen LogP contribution in [0.15, 0.2) is 10.7 Å². The highest BCUT2D eigenvalue weighted by atomic mass is 79.9. The summed E-state index contributed by atoms with van der Waals surface area (Å²) in [5.41, 5.74) is 1.32. The molecule has 0 saturated carbocycles. The van der Waals surface area contributed by atoms with Crippen molar-refractivity contribution >= 4 is 15.9 Å². The normalized spacial score (nSPS) is 31.7. The van der Waals surface area contributed by atoms with Gasteiger partial charge in [0.2, 0.25) is 0 Å². The minimum atomic E-state index is 0.406. The molecule has 5 heteroatoms. The summed E-state index contributed by atoms with van der Waals surface area (Å²) in [6.45, 7) is 3.09. The second kappa shape index (κ2) is 5.78. The Balaban J connectivity index is 1.85. The van der Waals surface area contributed by atoms with E-state index in [2.05, 4.69) is 56.9 Å². The number of nitrogens with one attached hydrogen (secondary N) is 1. The summed E-state index contributed by atoms with van der Waals surface area (Å²) in [5.74, 6) is 0.715. The van der Waals surface area contributed by atoms with E-state index in [4.69, 9.17) is 0 Å². The molecular weight excluding hydrogens is 316 g/mol. The van der Waals surface area contributed by atoms with Gasteiger partial charge in [-0.25, -0.2) is 0 Å². The van der Waals surface area contributed by atoms with Crippen LogP contribution in [0.5, 0.6) is 0 Å². The van der Waals surface area contributed by atoms with Crippen LogP contribution in [0.4, 0.5) is 0 Å². The molecule has 2 bridgehead atoms. The highest BCUT2D eigenvalue weighted by molar-refractivity contribution is 9.10. The highest BCUT2D eigenvalue weighted by Crippen LogP contribution is 2.43. The lowest BCUT2D eigenvalue weighted by atomic mass is 9.83. The quantitative estimate of drug-likeness (QED) is 0.914. The zero-order chi connectivity index (χ0) is 14.3. The maximum atomic E-state index is 4.49. The first-order chi connectivity index (χ1) is 9.65. The molecule has 3 heterocycles. The van der Waals surface area contributed by atoms with Crippen molar-refractivity contribution in [3.8, 4) is 0 Å². The second-order valence-corrected chi connectivity index (χ2v) is 7.10. The number of halogens is 1. The van der Waals surface area contributed by atoms with Crippen molar-refractivity contribution in [3.63, 3.8) is 0 Å². The van der Waals surface area contributed by atoms with E-state index in [0.29, 0.717) is 12.0 Å². The lowest BCUT2D eigenvalue weighted by Crippen LogP contribution is -2.43. The molecule has 1 N–H and O–H groups in total. The third-order valence-electron chi connectivity index (χ3n) is 5.34. The van der Waals surface area contributed by atoms with Crippen molar-refractivity contribution in [3.05, 3.63) is 16.4 Å². The van der Waals surface area contributed by atoms with Gasteiger partial charge in [-0.3, -0.25) is 4.68 Å². The van der Waals surface area contributed by atoms with Crippen LogP contribution >= 0.6 is 15.9 Å². The summed E-state index contributed by atoms with van der Waals surface area (Å²) >= 11 is 3.69. The van der Waals surface area contributed by atoms with E-state index in [1.807, 2.05) is 6.20 Å². The Morgan fingerprint density at radius 2 is 2.05 bits per heavy atom. The maximum Gasteiger partial charge on any atom is 0.0698 e. The summed E-state index contributed by atoms with van der Waals surface area (Å²) in [6.07, 6.45) is 7.30. The molecule has 2 saturated heterocycles. The van der Waals surface area contributed by atoms with Crippen molar-refractivity contribution in [1.82, 2.24) is 20.0 Å². The number of fused-ring (bicyclic) bond motifs is 2. The van der Waals surface area contributed by atoms with Crippen LogP contribution in [0.3, 0.4) is 0 Å². The molecule has 2 fully saturated rings. The Hall–Kier alpha value is -0.390. The predicted octanol–water partition coefficient (Wildman–Crippen LogP) is 2.80. The molecule has 0 spiro atoms. The van der Waals surface area contributed by atoms with Gasteiger partial charge in [-0.2, -0.15) is 5.10 Å². The van der Waals surface area contributed by atoms with Crippen LogP contribution in [-0.2, 0) is 6.54 Å². The first-order valence-electron chi connectivity index (χ1n) is 7.76. The third kappa shape index (κ3) is 2.34. The summed E-state index contributed by atoms with van der Waals surface area (Å²) in [6, 6.07) is 1.97. The van der Waals surface area contributed by atoms with Gasteiger partial charge in [-0.1, -0.05) is 0 Å². The number of aryl methyl sites for hydroxylation is 1. The number of piperidine rings is 1. The molecule has 4 nitrogen and oxygen atoms in total. The summed E-state index contributed by atoms with van der Waals surface area (Å²) in [7, 11) is 4.39. The fraction of sp³-hybridized carbons (Fsp3) is 0.800. The predicted molar refractivity (Wildman–Crippen MR) is 84.7 cm³/mol. The van der Waals surface area contributed by atoms with Gasteiger partial charge >= 0.3 is 0 Å². The van der Waals surface area contributed by atoms with E-state index < -0.39 is 0 Å². The standard InChI is InChI=1S/C15H25BrN4/c1-4-20-15(13(16)9-18-20)14(17-2)10-7-11-5-6-12(8-10)19(11)3/h9-12,14,17H,4-8H2,1-3H3. The van der Waals surface area contributed by atoms with E-state index >= 15 is 0 Å². The number of aromatic nitrogens is 2. The highest BCUT2D eigenvalue weighted by Gasteiger charge is 2.42. The Morgan fingerprint density at radius 3 is 2.60 bits per heavy atom. The Bertz CT molecular complexity index is 458. The molecule has 112 valence electrons. The molecule has 1 aromatic rings. The van der Waals surface area contributed by atoms with Crippen LogP contribution in [-0.4, -0.2) is 40.9 Å². The van der Waals surface area contributed by atoms with Crippen molar-refractivity contribution in [1.29, 1.82) is 0 Å². The molecule has 0 aliphatic carbocycles. The zero-order valence-electron chi connectivity index (χ0n) is 12.6. The van der Waals surface area contributed by atoms with Crippen LogP contribution in [0.2, 0.25) is 0 Å². The maximum absolute atomic E-state index is 4.49. The van der Waals surface area contributed by atoms with Gasteiger partial charge in [0.15, 0.2) is 0 Å². The average Bonchev–Trinajstić information content (AvgIpc) is 2.88. The lowest BCUT2D eigenvalue weighted by Gasteiger charge is -2.40. The van der Waals surface area contributed by atoms with Gasteiger partial charge in [0.1, 0.15) is 0 Å². The largest absolute Gasteiger partial charge is 0.311 e. The summed E-state index contributed by atoms with van der Waals surface area (Å²) in [4.78, 5) is 2.61. The summed E-state index contributed by atoms with van der Waals surface area (Å²) < 4.78 is 3.27. The Morgan fingerprint density at radius 1 is 1.40 bits per heavy atom. The molecular formula is C15H25BrN4. The van der Waals surface area contributed by atoms with E-state index in [1.54, 1.807) is 0 Å². The lowest BCUT2D eigenvalue weighted by molar-refractivity contribution is 0.112. The van der Waals surface area contributed by atoms with E-state index in [1.165, 1.54) is 31.4 Å². The van der Waals surface area contributed by atoms with Gasteiger partial charge in [-0.05, 0) is 68.6 Å². The molecule has 3 unspecified atom stereocenters. The first-order valence-corrected chi connectivity index (χ1v) is 8.55. The van der Waals surface area contributed by atoms with E-state index in [9.17, 15) is 0 Å². The molecule has 2 aliphatic rings. The molecule has 3 rings (SSSR count). The molecule has 2 aliphatic heterocycles. The minimum absolute atomic E-state index is 0.406. The van der Waals surface area contributed by atoms with Crippen molar-refractivity contribution in [2.24, 2.45) is 5.92 Å². The first kappa shape index (κ1) is 14.5. The SMILES string of the molecule is CCn1ncc(Br)c1C(NC)C1CC2CCC(C1)N2C. The van der Waals surface area contributed by atoms with Gasteiger partial charge in [0.25, 0.3) is 0 Å². The average molecular weight is 341 g/mol. The van der Waals surface area contributed by atoms with Gasteiger partial charge in [0.05, 0.1) is 22.4 Å². The fourth-order valence-electron chi connectivity index (χ4n) is 4.25. The number of hydrogen-bond donors (Lipinski definition) is 1. The molecule has 20 heavy (non-hydrogen) atoms. The number of nitrogens with zero attached hydrogens (tertiary/aromatic N) is 3. The molecule has 0 aromatic carbocycles. The van der Waals surface area contributed by atoms with Crippen LogP contribution in [0.25, 0.3) is 0 Å². The van der Waals surface area contributed by atoms with Gasteiger partial charge in [0, 0.05) is 18.6 Å². The summed E-state index contributed by atoms with van der Waals surface area (Å²) in [5, 5.41) is 8.05. The topological polar surface area (TPSA) is 33.1 Å². The zero-order valence-corrected chi connectivity index (χ0v) is 14.2. The molecule has 0 radical (unpaired) electrons. The fourth-order valence-corrected chi connectivity index (χ4v) is 4.80. The van der Waals surface area contributed by atoms with Gasteiger partial charge in [-0.15, -0.1) is 0 Å². The number of rotatable bonds is 4. The van der Waals surface area contributed by atoms with Crippen molar-refractivity contribution < 1.29 is 0 Å². The third-order valence-corrected chi connectivity index (χ3v) is 5.96. The van der Waals surface area contributed by atoms with Gasteiger partial charge < -0.3 is 10.2 Å². The monoisotopic (exact) mass is 340 g/mol. The van der Waals surface area contributed by atoms with E-state index in [-0.39, 0.29) is 0 Å². The van der Waals surface area contributed by atoms with Crippen LogP contribution < -0.4 is 5.32 Å². The van der Waals surface area contributed by atoms with Crippen molar-refractivity contribution in [2.75, 3.05) is 14.1 Å². The van der Waals surface area contributed by atoms with Crippen LogP contribution in [0.1, 0.15) is 44.3 Å². The number of hydrogen-bond acceptors (Lipinski definition) is 3. The molecule has 0 amide bonds. The Kier molecular flexibility index (Phi) is 4.20. The van der Waals surface area contributed by atoms with Crippen molar-refractivity contribution in [2.45, 2.75) is 57.3 Å². The minimum Gasteiger partial charge on any atom is -0.311 e. The molecule has 3 atom stereocenters. The van der Waals surface area contributed by atoms with E-state index in [0.717, 1.165) is 23.1 Å². The smallest absolute Gasteiger partial charge is 0.0698 e. The Labute approximate surface area is 130 Å².